The van der Waals surface area contributed by atoms with E-state index in [1.165, 1.54) is 44.1 Å². The van der Waals surface area contributed by atoms with Crippen LogP contribution in [-0.4, -0.2) is 33.9 Å². The fourth-order valence-electron chi connectivity index (χ4n) is 3.09. The molecule has 0 amide bonds. The quantitative estimate of drug-likeness (QED) is 0.476. The second-order valence-electron chi connectivity index (χ2n) is 7.92. The zero-order chi connectivity index (χ0) is 26.4. The van der Waals surface area contributed by atoms with Gasteiger partial charge in [0.05, 0.1) is 18.0 Å². The van der Waals surface area contributed by atoms with Gasteiger partial charge in [-0.25, -0.2) is 4.68 Å². The highest BCUT2D eigenvalue weighted by Crippen LogP contribution is 2.41. The van der Waals surface area contributed by atoms with Crippen LogP contribution in [-0.2, 0) is 18.6 Å². The molecule has 2 aliphatic rings. The van der Waals surface area contributed by atoms with E-state index in [4.69, 9.17) is 10.4 Å². The molecule has 9 heteroatoms. The Labute approximate surface area is 207 Å². The fourth-order valence-corrected chi connectivity index (χ4v) is 3.09. The zero-order valence-electron chi connectivity index (χ0n) is 21.1. The van der Waals surface area contributed by atoms with Gasteiger partial charge in [0.1, 0.15) is 0 Å². The van der Waals surface area contributed by atoms with Gasteiger partial charge in [-0.15, -0.1) is 5.10 Å². The normalized spacial score (nSPS) is 15.1. The number of nitrogens with one attached hydrogen (secondary N) is 1. The molecule has 0 radical (unpaired) electrons. The van der Waals surface area contributed by atoms with Crippen molar-refractivity contribution in [2.45, 2.75) is 90.5 Å². The van der Waals surface area contributed by atoms with Crippen LogP contribution in [0.25, 0.3) is 0 Å². The van der Waals surface area contributed by atoms with E-state index in [9.17, 15) is 13.2 Å². The molecule has 0 unspecified atom stereocenters. The molecule has 35 heavy (non-hydrogen) atoms. The molecule has 1 aromatic heterocycles. The van der Waals surface area contributed by atoms with Gasteiger partial charge in [-0.1, -0.05) is 86.2 Å². The van der Waals surface area contributed by atoms with Crippen molar-refractivity contribution in [3.05, 3.63) is 59.9 Å². The van der Waals surface area contributed by atoms with Crippen LogP contribution in [0, 0.1) is 11.3 Å². The van der Waals surface area contributed by atoms with Crippen molar-refractivity contribution in [1.82, 2.24) is 20.3 Å². The SMILES string of the molecule is C/C=C\C.C1CCCCC1.CO.FC(F)F.N#CC1(n2cc(CNCc3ccccc3)nn2)CC1. The van der Waals surface area contributed by atoms with Crippen LogP contribution in [0.15, 0.2) is 48.7 Å². The molecule has 4 rings (SSSR count). The van der Waals surface area contributed by atoms with Crippen molar-refractivity contribution in [3.8, 4) is 6.07 Å². The van der Waals surface area contributed by atoms with Crippen LogP contribution in [0.1, 0.15) is 76.5 Å². The summed E-state index contributed by atoms with van der Waals surface area (Å²) in [4.78, 5) is 0. The van der Waals surface area contributed by atoms with Crippen molar-refractivity contribution in [2.75, 3.05) is 7.11 Å². The first kappa shape index (κ1) is 32.3. The molecule has 0 atom stereocenters. The van der Waals surface area contributed by atoms with E-state index in [2.05, 4.69) is 33.8 Å². The maximum atomic E-state index is 9.67. The predicted octanol–water partition coefficient (Wildman–Crippen LogP) is 6.29. The Balaban J connectivity index is 0.000000593. The molecule has 196 valence electrons. The third-order valence-electron chi connectivity index (χ3n) is 5.22. The number of allylic oxidation sites excluding steroid dienone is 2. The van der Waals surface area contributed by atoms with Crippen LogP contribution in [0.2, 0.25) is 0 Å². The topological polar surface area (TPSA) is 86.8 Å². The lowest BCUT2D eigenvalue weighted by Crippen LogP contribution is -2.15. The van der Waals surface area contributed by atoms with Crippen LogP contribution < -0.4 is 5.32 Å². The summed E-state index contributed by atoms with van der Waals surface area (Å²) in [6, 6.07) is 12.5. The molecule has 0 aliphatic heterocycles. The van der Waals surface area contributed by atoms with E-state index in [-0.39, 0.29) is 0 Å². The van der Waals surface area contributed by atoms with Gasteiger partial charge in [0.2, 0.25) is 0 Å². The Hall–Kier alpha value is -2.70. The summed E-state index contributed by atoms with van der Waals surface area (Å²) in [6.45, 7) is 1.80. The van der Waals surface area contributed by atoms with Gasteiger partial charge in [0.25, 0.3) is 0 Å². The Morgan fingerprint density at radius 3 is 1.89 bits per heavy atom. The van der Waals surface area contributed by atoms with E-state index in [0.717, 1.165) is 32.2 Å². The van der Waals surface area contributed by atoms with Crippen molar-refractivity contribution >= 4 is 0 Å². The molecule has 0 saturated heterocycles. The minimum Gasteiger partial charge on any atom is -0.400 e. The summed E-state index contributed by atoms with van der Waals surface area (Å²) in [7, 11) is 1.00. The lowest BCUT2D eigenvalue weighted by molar-refractivity contribution is 0.00819. The van der Waals surface area contributed by atoms with Crippen molar-refractivity contribution in [3.63, 3.8) is 0 Å². The molecule has 1 heterocycles. The average molecular weight is 496 g/mol. The molecule has 6 nitrogen and oxygen atoms in total. The third-order valence-corrected chi connectivity index (χ3v) is 5.22. The number of aliphatic hydroxyl groups is 1. The van der Waals surface area contributed by atoms with E-state index >= 15 is 0 Å². The van der Waals surface area contributed by atoms with Gasteiger partial charge >= 0.3 is 6.68 Å². The van der Waals surface area contributed by atoms with E-state index < -0.39 is 12.2 Å². The van der Waals surface area contributed by atoms with Crippen molar-refractivity contribution in [1.29, 1.82) is 5.26 Å². The highest BCUT2D eigenvalue weighted by molar-refractivity contribution is 5.16. The number of nitrogens with zero attached hydrogens (tertiary/aromatic N) is 4. The second-order valence-corrected chi connectivity index (χ2v) is 7.92. The Morgan fingerprint density at radius 2 is 1.49 bits per heavy atom. The lowest BCUT2D eigenvalue weighted by Gasteiger charge is -2.05. The molecule has 2 aliphatic carbocycles. The number of nitriles is 1. The van der Waals surface area contributed by atoms with Crippen molar-refractivity contribution in [2.24, 2.45) is 0 Å². The maximum Gasteiger partial charge on any atom is 0.379 e. The summed E-state index contributed by atoms with van der Waals surface area (Å²) < 4.78 is 30.7. The summed E-state index contributed by atoms with van der Waals surface area (Å²) in [5.41, 5.74) is 1.70. The van der Waals surface area contributed by atoms with Crippen LogP contribution >= 0.6 is 0 Å². The molecule has 2 aromatic rings. The van der Waals surface area contributed by atoms with Crippen LogP contribution in [0.5, 0.6) is 0 Å². The number of halogens is 3. The number of aliphatic hydroxyl groups excluding tert-OH is 1. The summed E-state index contributed by atoms with van der Waals surface area (Å²) >= 11 is 0. The molecule has 0 spiro atoms. The average Bonchev–Trinajstić information content (AvgIpc) is 3.57. The van der Waals surface area contributed by atoms with E-state index in [1.54, 1.807) is 4.68 Å². The minimum absolute atomic E-state index is 0.412. The molecular weight excluding hydrogens is 455 g/mol. The number of rotatable bonds is 5. The first-order valence-corrected chi connectivity index (χ1v) is 12.0. The van der Waals surface area contributed by atoms with Gasteiger partial charge in [-0.2, -0.15) is 18.4 Å². The molecule has 2 saturated carbocycles. The number of alkyl halides is 3. The van der Waals surface area contributed by atoms with Gasteiger partial charge in [0.15, 0.2) is 5.54 Å². The van der Waals surface area contributed by atoms with Gasteiger partial charge in [-0.3, -0.25) is 0 Å². The molecule has 1 aromatic carbocycles. The fraction of sp³-hybridized carbons (Fsp3) is 0.577. The maximum absolute atomic E-state index is 9.67. The summed E-state index contributed by atoms with van der Waals surface area (Å²) in [6.07, 6.45) is 16.6. The van der Waals surface area contributed by atoms with Gasteiger partial charge in [-0.05, 0) is 32.3 Å². The van der Waals surface area contributed by atoms with E-state index in [0.29, 0.717) is 6.54 Å². The van der Waals surface area contributed by atoms with Crippen LogP contribution in [0.4, 0.5) is 13.2 Å². The summed E-state index contributed by atoms with van der Waals surface area (Å²) in [5.74, 6) is 0. The Kier molecular flexibility index (Phi) is 19.1. The highest BCUT2D eigenvalue weighted by atomic mass is 19.4. The number of aromatic nitrogens is 3. The lowest BCUT2D eigenvalue weighted by atomic mass is 10.0. The van der Waals surface area contributed by atoms with Crippen molar-refractivity contribution < 1.29 is 18.3 Å². The molecular formula is C26H40F3N5O. The predicted molar refractivity (Wildman–Crippen MR) is 133 cm³/mol. The zero-order valence-corrected chi connectivity index (χ0v) is 21.1. The molecule has 2 fully saturated rings. The second kappa shape index (κ2) is 20.7. The monoisotopic (exact) mass is 495 g/mol. The highest BCUT2D eigenvalue weighted by Gasteiger charge is 2.46. The number of hydrogen-bond acceptors (Lipinski definition) is 5. The Morgan fingerprint density at radius 1 is 1.00 bits per heavy atom. The van der Waals surface area contributed by atoms with Gasteiger partial charge in [0, 0.05) is 20.2 Å². The first-order valence-electron chi connectivity index (χ1n) is 12.0. The third kappa shape index (κ3) is 15.8. The van der Waals surface area contributed by atoms with Gasteiger partial charge < -0.3 is 10.4 Å². The molecule has 2 N–H and O–H groups in total. The minimum atomic E-state index is -3.67. The smallest absolute Gasteiger partial charge is 0.379 e. The van der Waals surface area contributed by atoms with Crippen LogP contribution in [0.3, 0.4) is 0 Å². The van der Waals surface area contributed by atoms with E-state index in [1.807, 2.05) is 50.4 Å². The first-order chi connectivity index (χ1) is 17.0. The standard InChI is InChI=1S/C14H15N5.C6H12.C4H8.CHF3.CH4O/c15-11-14(6-7-14)19-10-13(17-18-19)9-16-8-12-4-2-1-3-5-12;1-2-4-6-5-3-1;1-3-4-2;2-1(3)4;1-2/h1-5,10,16H,6-9H2;1-6H2;3-4H,1-2H3;1H;2H,1H3/b;;4-3-;;. The largest absolute Gasteiger partial charge is 0.400 e. The molecule has 0 bridgehead atoms. The summed E-state index contributed by atoms with van der Waals surface area (Å²) in [5, 5.41) is 27.6. The number of benzene rings is 1. The number of hydrogen-bond donors (Lipinski definition) is 2. The Bertz CT molecular complexity index is 796.